The van der Waals surface area contributed by atoms with Crippen molar-refractivity contribution in [1.29, 1.82) is 0 Å². The lowest BCUT2D eigenvalue weighted by Crippen LogP contribution is -2.17. The second-order valence-corrected chi connectivity index (χ2v) is 6.68. The maximum Gasteiger partial charge on any atom is 0.140 e. The van der Waals surface area contributed by atoms with Crippen LogP contribution in [-0.2, 0) is 6.42 Å². The van der Waals surface area contributed by atoms with Gasteiger partial charge in [-0.1, -0.05) is 26.7 Å². The van der Waals surface area contributed by atoms with Crippen LogP contribution in [0.3, 0.4) is 0 Å². The van der Waals surface area contributed by atoms with Crippen molar-refractivity contribution >= 4 is 28.4 Å². The minimum Gasteiger partial charge on any atom is -0.383 e. The molecule has 2 rings (SSSR count). The van der Waals surface area contributed by atoms with Crippen molar-refractivity contribution in [3.63, 3.8) is 0 Å². The highest BCUT2D eigenvalue weighted by atomic mass is 127. The number of aromatic nitrogens is 2. The van der Waals surface area contributed by atoms with E-state index in [9.17, 15) is 0 Å². The Hall–Kier alpha value is -0.390. The number of halogens is 1. The summed E-state index contributed by atoms with van der Waals surface area (Å²) in [5.41, 5.74) is 7.20. The molecule has 0 bridgehead atoms. The lowest BCUT2D eigenvalue weighted by molar-refractivity contribution is 0.312. The molecule has 0 radical (unpaired) electrons. The normalized spacial score (nSPS) is 23.5. The van der Waals surface area contributed by atoms with E-state index in [1.165, 1.54) is 32.1 Å². The summed E-state index contributed by atoms with van der Waals surface area (Å²) in [5.74, 6) is 3.10. The first kappa shape index (κ1) is 15.0. The van der Waals surface area contributed by atoms with Gasteiger partial charge in [0.25, 0.3) is 0 Å². The summed E-state index contributed by atoms with van der Waals surface area (Å²) in [5, 5.41) is 0. The number of nitrogens with two attached hydrogens (primary N) is 1. The monoisotopic (exact) mass is 373 g/mol. The molecule has 0 unspecified atom stereocenters. The SMILES string of the molecule is CCCc1nc(C2CCC(CC)CC2)nc(N)c1I. The summed E-state index contributed by atoms with van der Waals surface area (Å²) >= 11 is 2.28. The fourth-order valence-corrected chi connectivity index (χ4v) is 3.46. The van der Waals surface area contributed by atoms with Gasteiger partial charge < -0.3 is 5.73 Å². The first-order valence-electron chi connectivity index (χ1n) is 7.47. The van der Waals surface area contributed by atoms with Crippen molar-refractivity contribution in [3.8, 4) is 0 Å². The van der Waals surface area contributed by atoms with Crippen LogP contribution in [0.15, 0.2) is 0 Å². The Morgan fingerprint density at radius 3 is 2.42 bits per heavy atom. The number of hydrogen-bond donors (Lipinski definition) is 1. The molecule has 1 aliphatic carbocycles. The molecule has 19 heavy (non-hydrogen) atoms. The quantitative estimate of drug-likeness (QED) is 0.801. The fourth-order valence-electron chi connectivity index (χ4n) is 2.95. The standard InChI is InChI=1S/C15H24IN3/c1-3-5-12-13(16)14(17)19-15(18-12)11-8-6-10(4-2)7-9-11/h10-11H,3-9H2,1-2H3,(H2,17,18,19). The number of aryl methyl sites for hydroxylation is 1. The Balaban J connectivity index is 2.16. The molecule has 1 heterocycles. The van der Waals surface area contributed by atoms with Crippen molar-refractivity contribution in [3.05, 3.63) is 15.1 Å². The molecule has 1 aliphatic rings. The van der Waals surface area contributed by atoms with Crippen molar-refractivity contribution in [2.45, 2.75) is 64.7 Å². The Morgan fingerprint density at radius 2 is 1.84 bits per heavy atom. The lowest BCUT2D eigenvalue weighted by Gasteiger charge is -2.27. The third-order valence-electron chi connectivity index (χ3n) is 4.24. The number of rotatable bonds is 4. The van der Waals surface area contributed by atoms with Gasteiger partial charge in [-0.25, -0.2) is 9.97 Å². The molecule has 1 saturated carbocycles. The molecule has 0 aromatic carbocycles. The van der Waals surface area contributed by atoms with Gasteiger partial charge in [-0.05, 0) is 60.6 Å². The van der Waals surface area contributed by atoms with E-state index in [1.54, 1.807) is 0 Å². The summed E-state index contributed by atoms with van der Waals surface area (Å²) in [6, 6.07) is 0. The molecule has 0 aliphatic heterocycles. The minimum absolute atomic E-state index is 0.526. The molecule has 4 heteroatoms. The first-order valence-corrected chi connectivity index (χ1v) is 8.55. The number of nitrogens with zero attached hydrogens (tertiary/aromatic N) is 2. The third-order valence-corrected chi connectivity index (χ3v) is 5.41. The van der Waals surface area contributed by atoms with Crippen LogP contribution in [0.4, 0.5) is 5.82 Å². The molecule has 106 valence electrons. The van der Waals surface area contributed by atoms with Gasteiger partial charge in [-0.15, -0.1) is 0 Å². The zero-order valence-electron chi connectivity index (χ0n) is 12.0. The lowest BCUT2D eigenvalue weighted by atomic mass is 9.80. The molecular formula is C15H24IN3. The van der Waals surface area contributed by atoms with Gasteiger partial charge in [-0.2, -0.15) is 0 Å². The first-order chi connectivity index (χ1) is 9.15. The van der Waals surface area contributed by atoms with E-state index in [0.717, 1.165) is 33.8 Å². The van der Waals surface area contributed by atoms with Gasteiger partial charge in [0.2, 0.25) is 0 Å². The molecule has 3 nitrogen and oxygen atoms in total. The van der Waals surface area contributed by atoms with Crippen LogP contribution in [0.5, 0.6) is 0 Å². The highest BCUT2D eigenvalue weighted by molar-refractivity contribution is 14.1. The Kier molecular flexibility index (Phi) is 5.42. The second-order valence-electron chi connectivity index (χ2n) is 5.60. The Labute approximate surface area is 129 Å². The van der Waals surface area contributed by atoms with Crippen LogP contribution in [0, 0.1) is 9.49 Å². The van der Waals surface area contributed by atoms with Crippen LogP contribution in [0.2, 0.25) is 0 Å². The summed E-state index contributed by atoms with van der Waals surface area (Å²) < 4.78 is 1.05. The largest absolute Gasteiger partial charge is 0.383 e. The Morgan fingerprint density at radius 1 is 1.16 bits per heavy atom. The topological polar surface area (TPSA) is 51.8 Å². The van der Waals surface area contributed by atoms with E-state index < -0.39 is 0 Å². The van der Waals surface area contributed by atoms with E-state index >= 15 is 0 Å². The fraction of sp³-hybridized carbons (Fsp3) is 0.733. The van der Waals surface area contributed by atoms with Gasteiger partial charge in [0.15, 0.2) is 0 Å². The van der Waals surface area contributed by atoms with Crippen molar-refractivity contribution in [2.75, 3.05) is 5.73 Å². The van der Waals surface area contributed by atoms with Gasteiger partial charge >= 0.3 is 0 Å². The number of hydrogen-bond acceptors (Lipinski definition) is 3. The molecule has 0 atom stereocenters. The van der Waals surface area contributed by atoms with Crippen molar-refractivity contribution < 1.29 is 0 Å². The predicted octanol–water partition coefficient (Wildman–Crippen LogP) is 4.30. The average molecular weight is 373 g/mol. The molecule has 2 N–H and O–H groups in total. The molecule has 0 amide bonds. The predicted molar refractivity (Wildman–Crippen MR) is 88.1 cm³/mol. The minimum atomic E-state index is 0.526. The third kappa shape index (κ3) is 3.58. The Bertz CT molecular complexity index is 426. The maximum absolute atomic E-state index is 6.05. The van der Waals surface area contributed by atoms with Crippen LogP contribution in [0.1, 0.15) is 69.8 Å². The molecule has 0 spiro atoms. The molecule has 1 fully saturated rings. The summed E-state index contributed by atoms with van der Waals surface area (Å²) in [6.07, 6.45) is 8.51. The second kappa shape index (κ2) is 6.86. The summed E-state index contributed by atoms with van der Waals surface area (Å²) in [6.45, 7) is 4.48. The summed E-state index contributed by atoms with van der Waals surface area (Å²) in [4.78, 5) is 9.35. The molecule has 0 saturated heterocycles. The van der Waals surface area contributed by atoms with Gasteiger partial charge in [0.05, 0.1) is 9.26 Å². The van der Waals surface area contributed by atoms with E-state index in [-0.39, 0.29) is 0 Å². The number of anilines is 1. The maximum atomic E-state index is 6.05. The van der Waals surface area contributed by atoms with Crippen molar-refractivity contribution in [1.82, 2.24) is 9.97 Å². The average Bonchev–Trinajstić information content (AvgIpc) is 2.44. The zero-order chi connectivity index (χ0) is 13.8. The highest BCUT2D eigenvalue weighted by Crippen LogP contribution is 2.36. The number of nitrogen functional groups attached to an aromatic ring is 1. The van der Waals surface area contributed by atoms with Crippen LogP contribution in [0.25, 0.3) is 0 Å². The van der Waals surface area contributed by atoms with E-state index in [0.29, 0.717) is 11.7 Å². The molecule has 1 aromatic rings. The van der Waals surface area contributed by atoms with E-state index in [1.807, 2.05) is 0 Å². The van der Waals surface area contributed by atoms with Crippen molar-refractivity contribution in [2.24, 2.45) is 5.92 Å². The van der Waals surface area contributed by atoms with Gasteiger partial charge in [0, 0.05) is 5.92 Å². The van der Waals surface area contributed by atoms with E-state index in [2.05, 4.69) is 41.4 Å². The zero-order valence-corrected chi connectivity index (χ0v) is 14.1. The van der Waals surface area contributed by atoms with Crippen LogP contribution >= 0.6 is 22.6 Å². The molecular weight excluding hydrogens is 349 g/mol. The van der Waals surface area contributed by atoms with Crippen LogP contribution < -0.4 is 5.73 Å². The van der Waals surface area contributed by atoms with Gasteiger partial charge in [-0.3, -0.25) is 0 Å². The van der Waals surface area contributed by atoms with E-state index in [4.69, 9.17) is 10.7 Å². The highest BCUT2D eigenvalue weighted by Gasteiger charge is 2.24. The van der Waals surface area contributed by atoms with Gasteiger partial charge in [0.1, 0.15) is 11.6 Å². The molecule has 1 aromatic heterocycles. The van der Waals surface area contributed by atoms with Crippen LogP contribution in [-0.4, -0.2) is 9.97 Å². The summed E-state index contributed by atoms with van der Waals surface area (Å²) in [7, 11) is 0. The smallest absolute Gasteiger partial charge is 0.140 e.